The van der Waals surface area contributed by atoms with Crippen molar-refractivity contribution in [1.29, 1.82) is 0 Å². The summed E-state index contributed by atoms with van der Waals surface area (Å²) in [7, 11) is 0. The molecule has 2 nitrogen and oxygen atoms in total. The van der Waals surface area contributed by atoms with Crippen molar-refractivity contribution >= 4 is 0 Å². The van der Waals surface area contributed by atoms with E-state index in [1.165, 1.54) is 16.7 Å². The second kappa shape index (κ2) is 6.77. The fourth-order valence-electron chi connectivity index (χ4n) is 2.83. The van der Waals surface area contributed by atoms with Crippen molar-refractivity contribution in [2.45, 2.75) is 46.2 Å². The van der Waals surface area contributed by atoms with Gasteiger partial charge in [0.1, 0.15) is 5.75 Å². The van der Waals surface area contributed by atoms with Gasteiger partial charge in [-0.2, -0.15) is 0 Å². The first-order chi connectivity index (χ1) is 10.0. The first-order valence-corrected chi connectivity index (χ1v) is 7.64. The van der Waals surface area contributed by atoms with Gasteiger partial charge >= 0.3 is 0 Å². The highest BCUT2D eigenvalue weighted by atomic mass is 16.3. The molecule has 0 aliphatic carbocycles. The minimum absolute atomic E-state index is 0.154. The fourth-order valence-corrected chi connectivity index (χ4v) is 2.83. The fraction of sp³-hybridized carbons (Fsp3) is 0.368. The molecule has 2 N–H and O–H groups in total. The molecule has 2 aromatic rings. The monoisotopic (exact) mass is 283 g/mol. The predicted octanol–water partition coefficient (Wildman–Crippen LogP) is 4.81. The summed E-state index contributed by atoms with van der Waals surface area (Å²) in [4.78, 5) is 0. The Balaban J connectivity index is 2.22. The van der Waals surface area contributed by atoms with Gasteiger partial charge in [0.05, 0.1) is 0 Å². The molecule has 2 aromatic carbocycles. The van der Waals surface area contributed by atoms with Gasteiger partial charge in [0.15, 0.2) is 0 Å². The molecule has 2 rings (SSSR count). The SMILES string of the molecule is CCC(NC(C)c1cc(C)ccc1C)c1ccccc1O. The third kappa shape index (κ3) is 3.64. The zero-order chi connectivity index (χ0) is 15.4. The molecule has 0 aromatic heterocycles. The summed E-state index contributed by atoms with van der Waals surface area (Å²) < 4.78 is 0. The molecular weight excluding hydrogens is 258 g/mol. The van der Waals surface area contributed by atoms with Crippen LogP contribution in [0.1, 0.15) is 54.6 Å². The van der Waals surface area contributed by atoms with Crippen LogP contribution in [0.15, 0.2) is 42.5 Å². The highest BCUT2D eigenvalue weighted by Crippen LogP contribution is 2.29. The van der Waals surface area contributed by atoms with E-state index in [0.29, 0.717) is 5.75 Å². The van der Waals surface area contributed by atoms with Gasteiger partial charge in [0.2, 0.25) is 0 Å². The van der Waals surface area contributed by atoms with Crippen LogP contribution in [-0.2, 0) is 0 Å². The summed E-state index contributed by atoms with van der Waals surface area (Å²) in [6, 6.07) is 14.5. The van der Waals surface area contributed by atoms with Crippen molar-refractivity contribution in [3.63, 3.8) is 0 Å². The second-order valence-corrected chi connectivity index (χ2v) is 5.77. The number of phenolic OH excluding ortho intramolecular Hbond substituents is 1. The molecule has 0 fully saturated rings. The quantitative estimate of drug-likeness (QED) is 0.825. The number of hydrogen-bond acceptors (Lipinski definition) is 2. The summed E-state index contributed by atoms with van der Waals surface area (Å²) in [5.74, 6) is 0.366. The zero-order valence-corrected chi connectivity index (χ0v) is 13.4. The Morgan fingerprint density at radius 1 is 1.05 bits per heavy atom. The topological polar surface area (TPSA) is 32.3 Å². The van der Waals surface area contributed by atoms with E-state index in [2.05, 4.69) is 51.2 Å². The summed E-state index contributed by atoms with van der Waals surface area (Å²) in [6.45, 7) is 8.59. The van der Waals surface area contributed by atoms with Crippen LogP contribution in [0.25, 0.3) is 0 Å². The summed E-state index contributed by atoms with van der Waals surface area (Å²) in [6.07, 6.45) is 0.937. The van der Waals surface area contributed by atoms with Gasteiger partial charge in [-0.05, 0) is 44.4 Å². The van der Waals surface area contributed by atoms with E-state index in [4.69, 9.17) is 0 Å². The van der Waals surface area contributed by atoms with Crippen LogP contribution in [0, 0.1) is 13.8 Å². The molecule has 0 bridgehead atoms. The molecule has 0 radical (unpaired) electrons. The molecule has 0 saturated carbocycles. The van der Waals surface area contributed by atoms with Crippen molar-refractivity contribution < 1.29 is 5.11 Å². The summed E-state index contributed by atoms with van der Waals surface area (Å²) >= 11 is 0. The van der Waals surface area contributed by atoms with Gasteiger partial charge in [0, 0.05) is 17.6 Å². The number of benzene rings is 2. The molecule has 0 amide bonds. The average Bonchev–Trinajstić information content (AvgIpc) is 2.48. The lowest BCUT2D eigenvalue weighted by molar-refractivity contribution is 0.419. The van der Waals surface area contributed by atoms with Crippen LogP contribution in [0.2, 0.25) is 0 Å². The van der Waals surface area contributed by atoms with Crippen molar-refractivity contribution in [2.75, 3.05) is 0 Å². The Morgan fingerprint density at radius 3 is 2.43 bits per heavy atom. The number of phenols is 1. The van der Waals surface area contributed by atoms with Gasteiger partial charge in [-0.15, -0.1) is 0 Å². The second-order valence-electron chi connectivity index (χ2n) is 5.77. The van der Waals surface area contributed by atoms with Gasteiger partial charge < -0.3 is 10.4 Å². The first-order valence-electron chi connectivity index (χ1n) is 7.64. The molecule has 112 valence electrons. The average molecular weight is 283 g/mol. The first kappa shape index (κ1) is 15.6. The molecule has 21 heavy (non-hydrogen) atoms. The summed E-state index contributed by atoms with van der Waals surface area (Å²) in [5.41, 5.74) is 4.87. The lowest BCUT2D eigenvalue weighted by Gasteiger charge is -2.25. The van der Waals surface area contributed by atoms with E-state index in [0.717, 1.165) is 12.0 Å². The molecule has 0 aliphatic heterocycles. The number of aromatic hydroxyl groups is 1. The minimum Gasteiger partial charge on any atom is -0.508 e. The van der Waals surface area contributed by atoms with E-state index in [1.807, 2.05) is 18.2 Å². The third-order valence-corrected chi connectivity index (χ3v) is 4.07. The maximum absolute atomic E-state index is 10.1. The molecule has 0 aliphatic rings. The van der Waals surface area contributed by atoms with Gasteiger partial charge in [-0.1, -0.05) is 48.9 Å². The van der Waals surface area contributed by atoms with Crippen LogP contribution in [-0.4, -0.2) is 5.11 Å². The number of para-hydroxylation sites is 1. The van der Waals surface area contributed by atoms with Crippen LogP contribution in [0.4, 0.5) is 0 Å². The smallest absolute Gasteiger partial charge is 0.120 e. The molecule has 2 heteroatoms. The Kier molecular flexibility index (Phi) is 5.03. The van der Waals surface area contributed by atoms with Crippen molar-refractivity contribution in [3.05, 3.63) is 64.7 Å². The van der Waals surface area contributed by atoms with Crippen LogP contribution in [0.3, 0.4) is 0 Å². The largest absolute Gasteiger partial charge is 0.508 e. The predicted molar refractivity (Wildman–Crippen MR) is 88.6 cm³/mol. The number of nitrogens with one attached hydrogen (secondary N) is 1. The lowest BCUT2D eigenvalue weighted by atomic mass is 9.97. The molecular formula is C19H25NO. The lowest BCUT2D eigenvalue weighted by Crippen LogP contribution is -2.25. The maximum Gasteiger partial charge on any atom is 0.120 e. The Morgan fingerprint density at radius 2 is 1.76 bits per heavy atom. The highest BCUT2D eigenvalue weighted by molar-refractivity contribution is 5.36. The number of hydrogen-bond donors (Lipinski definition) is 2. The summed E-state index contributed by atoms with van der Waals surface area (Å²) in [5, 5.41) is 13.7. The maximum atomic E-state index is 10.1. The molecule has 0 heterocycles. The van der Waals surface area contributed by atoms with Crippen molar-refractivity contribution in [2.24, 2.45) is 0 Å². The van der Waals surface area contributed by atoms with E-state index in [-0.39, 0.29) is 12.1 Å². The standard InChI is InChI=1S/C19H25NO/c1-5-18(16-8-6-7-9-19(16)21)20-15(4)17-12-13(2)10-11-14(17)3/h6-12,15,18,20-21H,5H2,1-4H3. The van der Waals surface area contributed by atoms with E-state index in [9.17, 15) is 5.11 Å². The third-order valence-electron chi connectivity index (χ3n) is 4.07. The van der Waals surface area contributed by atoms with Gasteiger partial charge in [-0.25, -0.2) is 0 Å². The van der Waals surface area contributed by atoms with Gasteiger partial charge in [0.25, 0.3) is 0 Å². The van der Waals surface area contributed by atoms with E-state index < -0.39 is 0 Å². The normalized spacial score (nSPS) is 13.9. The minimum atomic E-state index is 0.154. The molecule has 0 spiro atoms. The van der Waals surface area contributed by atoms with Gasteiger partial charge in [-0.3, -0.25) is 0 Å². The van der Waals surface area contributed by atoms with Crippen molar-refractivity contribution in [3.8, 4) is 5.75 Å². The molecule has 2 unspecified atom stereocenters. The van der Waals surface area contributed by atoms with Crippen LogP contribution >= 0.6 is 0 Å². The highest BCUT2D eigenvalue weighted by Gasteiger charge is 2.17. The number of rotatable bonds is 5. The van der Waals surface area contributed by atoms with E-state index >= 15 is 0 Å². The zero-order valence-electron chi connectivity index (χ0n) is 13.4. The Hall–Kier alpha value is -1.80. The molecule has 0 saturated heterocycles. The molecule has 2 atom stereocenters. The van der Waals surface area contributed by atoms with E-state index in [1.54, 1.807) is 6.07 Å². The van der Waals surface area contributed by atoms with Crippen LogP contribution < -0.4 is 5.32 Å². The Labute approximate surface area is 127 Å². The Bertz CT molecular complexity index is 606. The number of aryl methyl sites for hydroxylation is 2. The van der Waals surface area contributed by atoms with Crippen molar-refractivity contribution in [1.82, 2.24) is 5.32 Å². The van der Waals surface area contributed by atoms with Crippen LogP contribution in [0.5, 0.6) is 5.75 Å².